The van der Waals surface area contributed by atoms with Gasteiger partial charge in [0.15, 0.2) is 0 Å². The molecule has 1 heterocycles. The van der Waals surface area contributed by atoms with E-state index in [1.807, 2.05) is 0 Å². The van der Waals surface area contributed by atoms with Gasteiger partial charge in [-0.15, -0.1) is 11.3 Å². The molecule has 114 valence electrons. The highest BCUT2D eigenvalue weighted by Gasteiger charge is 2.17. The zero-order valence-electron chi connectivity index (χ0n) is 12.4. The van der Waals surface area contributed by atoms with Gasteiger partial charge in [0, 0.05) is 11.4 Å². The van der Waals surface area contributed by atoms with Crippen molar-refractivity contribution in [3.8, 4) is 10.6 Å². The highest BCUT2D eigenvalue weighted by Crippen LogP contribution is 2.35. The Hall–Kier alpha value is -0.970. The highest BCUT2D eigenvalue weighted by atomic mass is 35.5. The van der Waals surface area contributed by atoms with Crippen LogP contribution in [-0.4, -0.2) is 11.5 Å². The van der Waals surface area contributed by atoms with Gasteiger partial charge < -0.3 is 5.32 Å². The van der Waals surface area contributed by atoms with Crippen molar-refractivity contribution in [1.29, 1.82) is 0 Å². The summed E-state index contributed by atoms with van der Waals surface area (Å²) in [4.78, 5) is 5.80. The van der Waals surface area contributed by atoms with Crippen LogP contribution in [0.25, 0.3) is 10.6 Å². The first-order valence-electron chi connectivity index (χ1n) is 7.31. The van der Waals surface area contributed by atoms with Crippen molar-refractivity contribution in [3.05, 3.63) is 39.6 Å². The van der Waals surface area contributed by atoms with Crippen molar-refractivity contribution in [2.75, 3.05) is 6.54 Å². The summed E-state index contributed by atoms with van der Waals surface area (Å²) in [7, 11) is 0. The van der Waals surface area contributed by atoms with Gasteiger partial charge >= 0.3 is 0 Å². The number of nitrogens with one attached hydrogen (secondary N) is 1. The average molecular weight is 327 g/mol. The zero-order chi connectivity index (χ0) is 15.2. The number of aryl methyl sites for hydroxylation is 1. The number of aromatic nitrogens is 1. The third kappa shape index (κ3) is 4.02. The molecule has 0 aliphatic heterocycles. The maximum absolute atomic E-state index is 14.0. The molecule has 0 bridgehead atoms. The Morgan fingerprint density at radius 2 is 2.10 bits per heavy atom. The van der Waals surface area contributed by atoms with E-state index in [1.165, 1.54) is 22.3 Å². The van der Waals surface area contributed by atoms with E-state index in [2.05, 4.69) is 24.1 Å². The number of thiazole rings is 1. The van der Waals surface area contributed by atoms with Gasteiger partial charge in [0.05, 0.1) is 16.3 Å². The quantitative estimate of drug-likeness (QED) is 0.720. The van der Waals surface area contributed by atoms with Gasteiger partial charge in [-0.05, 0) is 31.5 Å². The maximum Gasteiger partial charge on any atom is 0.134 e. The second kappa shape index (κ2) is 7.87. The van der Waals surface area contributed by atoms with Gasteiger partial charge in [0.2, 0.25) is 0 Å². The van der Waals surface area contributed by atoms with Crippen LogP contribution in [0.15, 0.2) is 18.2 Å². The fourth-order valence-electron chi connectivity index (χ4n) is 2.14. The summed E-state index contributed by atoms with van der Waals surface area (Å²) in [6.07, 6.45) is 3.02. The summed E-state index contributed by atoms with van der Waals surface area (Å²) in [6, 6.07) is 4.75. The molecule has 21 heavy (non-hydrogen) atoms. The Morgan fingerprint density at radius 1 is 1.29 bits per heavy atom. The molecule has 0 radical (unpaired) electrons. The monoisotopic (exact) mass is 326 g/mol. The second-order valence-corrected chi connectivity index (χ2v) is 6.40. The first-order chi connectivity index (χ1) is 10.2. The average Bonchev–Trinajstić information content (AvgIpc) is 2.82. The zero-order valence-corrected chi connectivity index (χ0v) is 14.0. The Labute approximate surface area is 134 Å². The first-order valence-corrected chi connectivity index (χ1v) is 8.50. The number of benzene rings is 1. The number of hydrogen-bond donors (Lipinski definition) is 1. The van der Waals surface area contributed by atoms with Crippen LogP contribution in [0, 0.1) is 5.82 Å². The van der Waals surface area contributed by atoms with Crippen LogP contribution in [0.4, 0.5) is 4.39 Å². The van der Waals surface area contributed by atoms with Crippen LogP contribution in [0.3, 0.4) is 0 Å². The van der Waals surface area contributed by atoms with Crippen molar-refractivity contribution in [2.24, 2.45) is 0 Å². The lowest BCUT2D eigenvalue weighted by Gasteiger charge is -2.02. The van der Waals surface area contributed by atoms with E-state index < -0.39 is 0 Å². The minimum atomic E-state index is -0.313. The molecule has 1 N–H and O–H groups in total. The van der Waals surface area contributed by atoms with Gasteiger partial charge in [-0.2, -0.15) is 0 Å². The predicted molar refractivity (Wildman–Crippen MR) is 88.5 cm³/mol. The molecule has 1 aromatic heterocycles. The normalized spacial score (nSPS) is 11.0. The molecule has 0 saturated heterocycles. The molecular formula is C16H20ClFN2S. The molecule has 0 saturated carbocycles. The largest absolute Gasteiger partial charge is 0.312 e. The van der Waals surface area contributed by atoms with Crippen LogP contribution < -0.4 is 5.32 Å². The van der Waals surface area contributed by atoms with Crippen molar-refractivity contribution in [2.45, 2.75) is 39.7 Å². The molecule has 0 fully saturated rings. The molecule has 2 nitrogen and oxygen atoms in total. The molecule has 1 aromatic carbocycles. The molecule has 0 amide bonds. The number of rotatable bonds is 7. The number of nitrogens with zero attached hydrogens (tertiary/aromatic N) is 1. The van der Waals surface area contributed by atoms with E-state index in [0.717, 1.165) is 38.0 Å². The Balaban J connectivity index is 2.34. The van der Waals surface area contributed by atoms with E-state index in [-0.39, 0.29) is 5.82 Å². The molecular weight excluding hydrogens is 307 g/mol. The van der Waals surface area contributed by atoms with Crippen molar-refractivity contribution in [3.63, 3.8) is 0 Å². The van der Waals surface area contributed by atoms with E-state index in [4.69, 9.17) is 11.6 Å². The molecule has 0 unspecified atom stereocenters. The number of hydrogen-bond acceptors (Lipinski definition) is 3. The first kappa shape index (κ1) is 16.4. The fourth-order valence-corrected chi connectivity index (χ4v) is 3.59. The van der Waals surface area contributed by atoms with Crippen molar-refractivity contribution in [1.82, 2.24) is 10.3 Å². The van der Waals surface area contributed by atoms with Gasteiger partial charge in [0.25, 0.3) is 0 Å². The third-order valence-electron chi connectivity index (χ3n) is 3.15. The van der Waals surface area contributed by atoms with Crippen LogP contribution >= 0.6 is 22.9 Å². The predicted octanol–water partition coefficient (Wildman–Crippen LogP) is 5.05. The number of halogens is 2. The lowest BCUT2D eigenvalue weighted by Crippen LogP contribution is -2.13. The van der Waals surface area contributed by atoms with E-state index >= 15 is 0 Å². The molecule has 0 atom stereocenters. The lowest BCUT2D eigenvalue weighted by atomic mass is 10.2. The van der Waals surface area contributed by atoms with Gasteiger partial charge in [0.1, 0.15) is 10.8 Å². The van der Waals surface area contributed by atoms with E-state index in [0.29, 0.717) is 15.6 Å². The van der Waals surface area contributed by atoms with Crippen molar-refractivity contribution < 1.29 is 4.39 Å². The molecule has 0 spiro atoms. The molecule has 2 rings (SSSR count). The molecule has 0 aliphatic rings. The smallest absolute Gasteiger partial charge is 0.134 e. The minimum absolute atomic E-state index is 0.313. The molecule has 0 aliphatic carbocycles. The lowest BCUT2D eigenvalue weighted by molar-refractivity contribution is 0.631. The standard InChI is InChI=1S/C16H20ClFN2S/c1-3-6-13-14(10-19-9-4-2)21-16(20-13)15-11(17)7-5-8-12(15)18/h5,7-8,19H,3-4,6,9-10H2,1-2H3. The summed E-state index contributed by atoms with van der Waals surface area (Å²) < 4.78 is 14.0. The van der Waals surface area contributed by atoms with E-state index in [9.17, 15) is 4.39 Å². The van der Waals surface area contributed by atoms with Crippen LogP contribution in [0.2, 0.25) is 5.02 Å². The Morgan fingerprint density at radius 3 is 2.76 bits per heavy atom. The topological polar surface area (TPSA) is 24.9 Å². The summed E-state index contributed by atoms with van der Waals surface area (Å²) in [5, 5.41) is 4.48. The van der Waals surface area contributed by atoms with Gasteiger partial charge in [-0.25, -0.2) is 9.37 Å². The molecule has 2 aromatic rings. The Bertz CT molecular complexity index is 578. The van der Waals surface area contributed by atoms with Gasteiger partial charge in [-0.3, -0.25) is 0 Å². The summed E-state index contributed by atoms with van der Waals surface area (Å²) in [5.74, 6) is -0.313. The van der Waals surface area contributed by atoms with Crippen LogP contribution in [-0.2, 0) is 13.0 Å². The summed E-state index contributed by atoms with van der Waals surface area (Å²) in [5.41, 5.74) is 1.48. The maximum atomic E-state index is 14.0. The second-order valence-electron chi connectivity index (χ2n) is 4.91. The van der Waals surface area contributed by atoms with Crippen LogP contribution in [0.1, 0.15) is 37.3 Å². The minimum Gasteiger partial charge on any atom is -0.312 e. The van der Waals surface area contributed by atoms with E-state index in [1.54, 1.807) is 12.1 Å². The third-order valence-corrected chi connectivity index (χ3v) is 4.58. The van der Waals surface area contributed by atoms with Crippen LogP contribution in [0.5, 0.6) is 0 Å². The highest BCUT2D eigenvalue weighted by molar-refractivity contribution is 7.15. The fraction of sp³-hybridized carbons (Fsp3) is 0.438. The van der Waals surface area contributed by atoms with Gasteiger partial charge in [-0.1, -0.05) is 37.9 Å². The SMILES string of the molecule is CCCNCc1sc(-c2c(F)cccc2Cl)nc1CCC. The molecule has 5 heteroatoms. The van der Waals surface area contributed by atoms with Crippen molar-refractivity contribution >= 4 is 22.9 Å². The Kier molecular flexibility index (Phi) is 6.15. The summed E-state index contributed by atoms with van der Waals surface area (Å²) in [6.45, 7) is 6.02. The summed E-state index contributed by atoms with van der Waals surface area (Å²) >= 11 is 7.67.